The molecule has 0 amide bonds. The number of nitrogens with one attached hydrogen (secondary N) is 2. The molecule has 1 atom stereocenters. The summed E-state index contributed by atoms with van der Waals surface area (Å²) in [6.45, 7) is 0. The number of nitrogens with zero attached hydrogens (tertiary/aromatic N) is 4. The first-order valence-corrected chi connectivity index (χ1v) is 9.47. The van der Waals surface area contributed by atoms with E-state index >= 15 is 0 Å². The van der Waals surface area contributed by atoms with Gasteiger partial charge >= 0.3 is 0 Å². The van der Waals surface area contributed by atoms with E-state index < -0.39 is 0 Å². The van der Waals surface area contributed by atoms with E-state index in [0.717, 1.165) is 52.8 Å². The van der Waals surface area contributed by atoms with Crippen LogP contribution >= 0.6 is 0 Å². The first-order valence-electron chi connectivity index (χ1n) is 9.47. The van der Waals surface area contributed by atoms with Crippen LogP contribution in [0.25, 0.3) is 22.2 Å². The van der Waals surface area contributed by atoms with Gasteiger partial charge in [0.25, 0.3) is 0 Å². The summed E-state index contributed by atoms with van der Waals surface area (Å²) in [4.78, 5) is 4.58. The molecule has 5 rings (SSSR count). The van der Waals surface area contributed by atoms with Gasteiger partial charge in [-0.05, 0) is 55.2 Å². The van der Waals surface area contributed by atoms with Crippen molar-refractivity contribution in [2.75, 3.05) is 5.32 Å². The second-order valence-corrected chi connectivity index (χ2v) is 7.37. The monoisotopic (exact) mass is 368 g/mol. The number of aromatic nitrogens is 4. The molecule has 6 heteroatoms. The van der Waals surface area contributed by atoms with Crippen molar-refractivity contribution in [3.05, 3.63) is 65.7 Å². The van der Waals surface area contributed by atoms with Gasteiger partial charge in [0.1, 0.15) is 11.8 Å². The van der Waals surface area contributed by atoms with E-state index in [1.807, 2.05) is 23.9 Å². The highest BCUT2D eigenvalue weighted by Gasteiger charge is 2.22. The molecule has 3 aromatic heterocycles. The summed E-state index contributed by atoms with van der Waals surface area (Å²) in [6.07, 6.45) is 8.87. The summed E-state index contributed by atoms with van der Waals surface area (Å²) in [6, 6.07) is 12.7. The third-order valence-corrected chi connectivity index (χ3v) is 5.41. The van der Waals surface area contributed by atoms with Crippen molar-refractivity contribution < 1.29 is 0 Å². The molecule has 0 aliphatic heterocycles. The standard InChI is InChI=1S/C22H20N6/c1-28-8-7-16(13-28)21-18-10-17(5-6-19(18)26-27-21)25-20-4-2-3-15-9-14(11-23)12-24-22(15)20/h5-10,12-13,20,25H,2-4H2,1H3,(H,26,27)/t20-/m1/s1. The highest BCUT2D eigenvalue weighted by Crippen LogP contribution is 2.34. The minimum Gasteiger partial charge on any atom is -0.377 e. The van der Waals surface area contributed by atoms with E-state index in [9.17, 15) is 0 Å². The van der Waals surface area contributed by atoms with Crippen molar-refractivity contribution in [3.63, 3.8) is 0 Å². The molecule has 1 aromatic carbocycles. The van der Waals surface area contributed by atoms with Crippen LogP contribution in [-0.2, 0) is 13.5 Å². The number of aryl methyl sites for hydroxylation is 2. The van der Waals surface area contributed by atoms with Crippen LogP contribution in [0.4, 0.5) is 5.69 Å². The number of aromatic amines is 1. The number of rotatable bonds is 3. The molecule has 0 fully saturated rings. The summed E-state index contributed by atoms with van der Waals surface area (Å²) in [5.41, 5.74) is 6.99. The lowest BCUT2D eigenvalue weighted by molar-refractivity contribution is 0.583. The zero-order valence-electron chi connectivity index (χ0n) is 15.6. The normalized spacial score (nSPS) is 15.9. The zero-order valence-corrected chi connectivity index (χ0v) is 15.6. The molecule has 0 spiro atoms. The van der Waals surface area contributed by atoms with Gasteiger partial charge in [0.2, 0.25) is 0 Å². The molecule has 0 bridgehead atoms. The van der Waals surface area contributed by atoms with Gasteiger partial charge < -0.3 is 9.88 Å². The Balaban J connectivity index is 1.49. The predicted molar refractivity (Wildman–Crippen MR) is 109 cm³/mol. The summed E-state index contributed by atoms with van der Waals surface area (Å²) >= 11 is 0. The van der Waals surface area contributed by atoms with Gasteiger partial charge in [0.15, 0.2) is 0 Å². The Morgan fingerprint density at radius 1 is 1.29 bits per heavy atom. The fourth-order valence-electron chi connectivity index (χ4n) is 4.04. The highest BCUT2D eigenvalue weighted by atomic mass is 15.1. The number of nitriles is 1. The SMILES string of the molecule is Cn1ccc(-c2n[nH]c3ccc(N[C@@H]4CCCc5cc(C#N)cnc54)cc23)c1. The lowest BCUT2D eigenvalue weighted by Gasteiger charge is -2.26. The number of hydrogen-bond acceptors (Lipinski definition) is 4. The van der Waals surface area contributed by atoms with Crippen LogP contribution < -0.4 is 5.32 Å². The maximum Gasteiger partial charge on any atom is 0.101 e. The minimum absolute atomic E-state index is 0.154. The first kappa shape index (κ1) is 16.6. The van der Waals surface area contributed by atoms with Gasteiger partial charge in [-0.15, -0.1) is 0 Å². The van der Waals surface area contributed by atoms with E-state index in [1.165, 1.54) is 5.56 Å². The van der Waals surface area contributed by atoms with Crippen LogP contribution in [0.3, 0.4) is 0 Å². The van der Waals surface area contributed by atoms with Crippen molar-refractivity contribution in [2.24, 2.45) is 7.05 Å². The van der Waals surface area contributed by atoms with Crippen LogP contribution in [0.15, 0.2) is 48.9 Å². The maximum absolute atomic E-state index is 9.13. The number of pyridine rings is 1. The van der Waals surface area contributed by atoms with Crippen LogP contribution in [0.5, 0.6) is 0 Å². The molecule has 4 aromatic rings. The fourth-order valence-corrected chi connectivity index (χ4v) is 4.04. The van der Waals surface area contributed by atoms with Crippen LogP contribution in [0.2, 0.25) is 0 Å². The van der Waals surface area contributed by atoms with E-state index in [0.29, 0.717) is 5.56 Å². The van der Waals surface area contributed by atoms with Gasteiger partial charge in [0.05, 0.1) is 22.8 Å². The molecule has 2 N–H and O–H groups in total. The molecular formula is C22H20N6. The number of benzene rings is 1. The van der Waals surface area contributed by atoms with Gasteiger partial charge in [-0.25, -0.2) is 0 Å². The Morgan fingerprint density at radius 3 is 3.04 bits per heavy atom. The van der Waals surface area contributed by atoms with E-state index in [2.05, 4.69) is 57.0 Å². The van der Waals surface area contributed by atoms with Crippen LogP contribution in [0, 0.1) is 11.3 Å². The van der Waals surface area contributed by atoms with Crippen molar-refractivity contribution >= 4 is 16.6 Å². The average Bonchev–Trinajstić information content (AvgIpc) is 3.33. The number of anilines is 1. The fraction of sp³-hybridized carbons (Fsp3) is 0.227. The van der Waals surface area contributed by atoms with Crippen LogP contribution in [0.1, 0.15) is 35.7 Å². The number of fused-ring (bicyclic) bond motifs is 2. The molecule has 3 heterocycles. The Morgan fingerprint density at radius 2 is 2.21 bits per heavy atom. The summed E-state index contributed by atoms with van der Waals surface area (Å²) < 4.78 is 2.03. The quantitative estimate of drug-likeness (QED) is 0.564. The third kappa shape index (κ3) is 2.81. The van der Waals surface area contributed by atoms with Crippen molar-refractivity contribution in [2.45, 2.75) is 25.3 Å². The van der Waals surface area contributed by atoms with Crippen LogP contribution in [-0.4, -0.2) is 19.7 Å². The number of hydrogen-bond donors (Lipinski definition) is 2. The predicted octanol–water partition coefficient (Wildman–Crippen LogP) is 4.32. The van der Waals surface area contributed by atoms with Gasteiger partial charge in [0, 0.05) is 42.3 Å². The smallest absolute Gasteiger partial charge is 0.101 e. The molecule has 0 saturated carbocycles. The Labute approximate surface area is 162 Å². The van der Waals surface area contributed by atoms with E-state index in [4.69, 9.17) is 5.26 Å². The minimum atomic E-state index is 0.154. The lowest BCUT2D eigenvalue weighted by atomic mass is 9.91. The molecular weight excluding hydrogens is 348 g/mol. The van der Waals surface area contributed by atoms with Gasteiger partial charge in [-0.1, -0.05) is 0 Å². The molecule has 1 aliphatic carbocycles. The van der Waals surface area contributed by atoms with Crippen molar-refractivity contribution in [1.82, 2.24) is 19.7 Å². The topological polar surface area (TPSA) is 82.3 Å². The molecule has 138 valence electrons. The molecule has 1 aliphatic rings. The van der Waals surface area contributed by atoms with E-state index in [1.54, 1.807) is 6.20 Å². The second-order valence-electron chi connectivity index (χ2n) is 7.37. The molecule has 0 saturated heterocycles. The Hall–Kier alpha value is -3.59. The molecule has 0 radical (unpaired) electrons. The summed E-state index contributed by atoms with van der Waals surface area (Å²) in [7, 11) is 2.01. The molecule has 28 heavy (non-hydrogen) atoms. The first-order chi connectivity index (χ1) is 13.7. The molecule has 0 unspecified atom stereocenters. The van der Waals surface area contributed by atoms with Crippen molar-refractivity contribution in [3.8, 4) is 17.3 Å². The highest BCUT2D eigenvalue weighted by molar-refractivity contribution is 5.94. The molecule has 6 nitrogen and oxygen atoms in total. The zero-order chi connectivity index (χ0) is 19.1. The largest absolute Gasteiger partial charge is 0.377 e. The summed E-state index contributed by atoms with van der Waals surface area (Å²) in [5, 5.41) is 21.5. The Kier molecular flexibility index (Phi) is 3.87. The Bertz CT molecular complexity index is 1210. The number of H-pyrrole nitrogens is 1. The van der Waals surface area contributed by atoms with Gasteiger partial charge in [-0.2, -0.15) is 10.4 Å². The maximum atomic E-state index is 9.13. The van der Waals surface area contributed by atoms with Crippen molar-refractivity contribution in [1.29, 1.82) is 5.26 Å². The van der Waals surface area contributed by atoms with Gasteiger partial charge in [-0.3, -0.25) is 10.1 Å². The second kappa shape index (κ2) is 6.54. The average molecular weight is 368 g/mol. The third-order valence-electron chi connectivity index (χ3n) is 5.41. The van der Waals surface area contributed by atoms with E-state index in [-0.39, 0.29) is 6.04 Å². The lowest BCUT2D eigenvalue weighted by Crippen LogP contribution is -2.19. The summed E-state index contributed by atoms with van der Waals surface area (Å²) in [5.74, 6) is 0.